The third kappa shape index (κ3) is 25.1. The second kappa shape index (κ2) is 25.3. The van der Waals surface area contributed by atoms with Crippen LogP contribution in [0.25, 0.3) is 0 Å². The Bertz CT molecular complexity index is 528. The monoisotopic (exact) mass is 497 g/mol. The SMILES string of the molecule is CCCCCCCCCCCCCCCCCCCCCC(=O)N[C@@H](CCCNC(N)=O)C(=O)O. The molecule has 0 aromatic carbocycles. The van der Waals surface area contributed by atoms with Crippen LogP contribution < -0.4 is 16.4 Å². The number of aliphatic carboxylic acids is 1. The molecule has 0 unspecified atom stereocenters. The molecule has 0 heterocycles. The summed E-state index contributed by atoms with van der Waals surface area (Å²) in [5.74, 6) is -1.27. The molecule has 0 aliphatic heterocycles. The summed E-state index contributed by atoms with van der Waals surface area (Å²) in [5, 5.41) is 14.2. The Kier molecular flexibility index (Phi) is 24.0. The fraction of sp³-hybridized carbons (Fsp3) is 0.893. The Morgan fingerprint density at radius 1 is 0.657 bits per heavy atom. The highest BCUT2D eigenvalue weighted by atomic mass is 16.4. The maximum Gasteiger partial charge on any atom is 0.326 e. The number of carboxylic acids is 1. The van der Waals surface area contributed by atoms with Crippen molar-refractivity contribution in [1.82, 2.24) is 10.6 Å². The van der Waals surface area contributed by atoms with Crippen molar-refractivity contribution in [3.05, 3.63) is 0 Å². The molecule has 5 N–H and O–H groups in total. The number of rotatable bonds is 26. The first-order chi connectivity index (χ1) is 17.0. The lowest BCUT2D eigenvalue weighted by atomic mass is 10.0. The van der Waals surface area contributed by atoms with Crippen LogP contribution in [0.5, 0.6) is 0 Å². The van der Waals surface area contributed by atoms with Crippen LogP contribution >= 0.6 is 0 Å². The van der Waals surface area contributed by atoms with E-state index in [4.69, 9.17) is 5.73 Å². The number of urea groups is 1. The molecular weight excluding hydrogens is 442 g/mol. The van der Waals surface area contributed by atoms with Crippen molar-refractivity contribution in [3.63, 3.8) is 0 Å². The number of carboxylic acid groups (broad SMARTS) is 1. The largest absolute Gasteiger partial charge is 0.480 e. The number of nitrogens with one attached hydrogen (secondary N) is 2. The van der Waals surface area contributed by atoms with Crippen molar-refractivity contribution in [1.29, 1.82) is 0 Å². The van der Waals surface area contributed by atoms with Gasteiger partial charge in [-0.05, 0) is 19.3 Å². The maximum absolute atomic E-state index is 12.0. The van der Waals surface area contributed by atoms with Gasteiger partial charge < -0.3 is 21.5 Å². The van der Waals surface area contributed by atoms with Gasteiger partial charge in [0.25, 0.3) is 0 Å². The Morgan fingerprint density at radius 3 is 1.43 bits per heavy atom. The van der Waals surface area contributed by atoms with Crippen molar-refractivity contribution in [2.24, 2.45) is 5.73 Å². The number of primary amides is 1. The van der Waals surface area contributed by atoms with E-state index in [1.54, 1.807) is 0 Å². The second-order valence-corrected chi connectivity index (χ2v) is 10.0. The minimum absolute atomic E-state index is 0.216. The van der Waals surface area contributed by atoms with E-state index < -0.39 is 18.0 Å². The quantitative estimate of drug-likeness (QED) is 0.0979. The number of unbranched alkanes of at least 4 members (excludes halogenated alkanes) is 18. The molecule has 0 spiro atoms. The van der Waals surface area contributed by atoms with Crippen molar-refractivity contribution in [2.75, 3.05) is 6.54 Å². The molecule has 0 radical (unpaired) electrons. The van der Waals surface area contributed by atoms with Crippen molar-refractivity contribution >= 4 is 17.9 Å². The average molecular weight is 498 g/mol. The normalized spacial score (nSPS) is 11.8. The lowest BCUT2D eigenvalue weighted by Gasteiger charge is -2.14. The molecule has 0 saturated carbocycles. The number of amides is 3. The summed E-state index contributed by atoms with van der Waals surface area (Å²) in [6.07, 6.45) is 25.9. The lowest BCUT2D eigenvalue weighted by molar-refractivity contribution is -0.142. The van der Waals surface area contributed by atoms with Crippen LogP contribution in [-0.4, -0.2) is 35.6 Å². The molecule has 206 valence electrons. The van der Waals surface area contributed by atoms with E-state index in [2.05, 4.69) is 17.6 Å². The molecule has 3 amide bonds. The third-order valence-corrected chi connectivity index (χ3v) is 6.61. The van der Waals surface area contributed by atoms with E-state index in [1.165, 1.54) is 103 Å². The zero-order valence-electron chi connectivity index (χ0n) is 22.6. The Labute approximate surface area is 214 Å². The standard InChI is InChI=1S/C28H55N3O4/c1-2-3-4-5-6-7-8-9-10-11-12-13-14-15-16-17-18-19-20-23-26(32)31-25(27(33)34)22-21-24-30-28(29)35/h25H,2-24H2,1H3,(H,31,32)(H,33,34)(H3,29,30,35)/t25-/m0/s1. The van der Waals surface area contributed by atoms with Gasteiger partial charge in [-0.1, -0.05) is 122 Å². The molecular formula is C28H55N3O4. The fourth-order valence-electron chi connectivity index (χ4n) is 4.41. The van der Waals surface area contributed by atoms with Crippen LogP contribution in [0, 0.1) is 0 Å². The average Bonchev–Trinajstić information content (AvgIpc) is 2.82. The Morgan fingerprint density at radius 2 is 1.06 bits per heavy atom. The molecule has 0 bridgehead atoms. The molecule has 35 heavy (non-hydrogen) atoms. The van der Waals surface area contributed by atoms with Crippen LogP contribution in [-0.2, 0) is 9.59 Å². The molecule has 0 aromatic rings. The van der Waals surface area contributed by atoms with Crippen LogP contribution in [0.1, 0.15) is 148 Å². The number of hydrogen-bond acceptors (Lipinski definition) is 3. The van der Waals surface area contributed by atoms with Crippen LogP contribution in [0.4, 0.5) is 4.79 Å². The Balaban J connectivity index is 3.42. The predicted molar refractivity (Wildman–Crippen MR) is 144 cm³/mol. The van der Waals surface area contributed by atoms with Crippen LogP contribution in [0.3, 0.4) is 0 Å². The first-order valence-corrected chi connectivity index (χ1v) is 14.5. The smallest absolute Gasteiger partial charge is 0.326 e. The van der Waals surface area contributed by atoms with Crippen molar-refractivity contribution in [3.8, 4) is 0 Å². The summed E-state index contributed by atoms with van der Waals surface area (Å²) in [5.41, 5.74) is 4.97. The van der Waals surface area contributed by atoms with Gasteiger partial charge in [0, 0.05) is 13.0 Å². The van der Waals surface area contributed by atoms with Crippen LogP contribution in [0.2, 0.25) is 0 Å². The number of hydrogen-bond donors (Lipinski definition) is 4. The molecule has 0 aliphatic rings. The maximum atomic E-state index is 12.0. The third-order valence-electron chi connectivity index (χ3n) is 6.61. The number of carbonyl (C=O) groups is 3. The summed E-state index contributed by atoms with van der Waals surface area (Å²) in [7, 11) is 0. The summed E-state index contributed by atoms with van der Waals surface area (Å²) in [6.45, 7) is 2.57. The van der Waals surface area contributed by atoms with Gasteiger partial charge in [0.2, 0.25) is 5.91 Å². The zero-order chi connectivity index (χ0) is 26.0. The Hall–Kier alpha value is -1.79. The predicted octanol–water partition coefficient (Wildman–Crippen LogP) is 6.83. The highest BCUT2D eigenvalue weighted by Crippen LogP contribution is 2.15. The number of nitrogens with two attached hydrogens (primary N) is 1. The molecule has 0 aliphatic carbocycles. The summed E-state index contributed by atoms with van der Waals surface area (Å²) < 4.78 is 0. The minimum Gasteiger partial charge on any atom is -0.480 e. The van der Waals surface area contributed by atoms with E-state index in [0.29, 0.717) is 19.4 Å². The van der Waals surface area contributed by atoms with Gasteiger partial charge in [-0.25, -0.2) is 9.59 Å². The minimum atomic E-state index is -1.05. The molecule has 0 aromatic heterocycles. The molecule has 0 saturated heterocycles. The molecule has 0 rings (SSSR count). The summed E-state index contributed by atoms with van der Waals surface area (Å²) in [4.78, 5) is 33.9. The van der Waals surface area contributed by atoms with Gasteiger partial charge in [-0.15, -0.1) is 0 Å². The van der Waals surface area contributed by atoms with Gasteiger partial charge in [0.1, 0.15) is 6.04 Å². The molecule has 0 fully saturated rings. The molecule has 1 atom stereocenters. The topological polar surface area (TPSA) is 122 Å². The van der Waals surface area contributed by atoms with Gasteiger partial charge in [-0.2, -0.15) is 0 Å². The van der Waals surface area contributed by atoms with Crippen molar-refractivity contribution in [2.45, 2.75) is 154 Å². The first-order valence-electron chi connectivity index (χ1n) is 14.5. The van der Waals surface area contributed by atoms with E-state index in [-0.39, 0.29) is 12.3 Å². The van der Waals surface area contributed by atoms with E-state index >= 15 is 0 Å². The van der Waals surface area contributed by atoms with E-state index in [9.17, 15) is 19.5 Å². The van der Waals surface area contributed by atoms with E-state index in [1.807, 2.05) is 0 Å². The molecule has 7 heteroatoms. The van der Waals surface area contributed by atoms with Gasteiger partial charge in [-0.3, -0.25) is 4.79 Å². The highest BCUT2D eigenvalue weighted by molar-refractivity contribution is 5.83. The van der Waals surface area contributed by atoms with Gasteiger partial charge in [0.05, 0.1) is 0 Å². The summed E-state index contributed by atoms with van der Waals surface area (Å²) >= 11 is 0. The van der Waals surface area contributed by atoms with Gasteiger partial charge in [0.15, 0.2) is 0 Å². The van der Waals surface area contributed by atoms with Crippen LogP contribution in [0.15, 0.2) is 0 Å². The molecule has 7 nitrogen and oxygen atoms in total. The zero-order valence-corrected chi connectivity index (χ0v) is 22.6. The first kappa shape index (κ1) is 33.2. The fourth-order valence-corrected chi connectivity index (χ4v) is 4.41. The number of carbonyl (C=O) groups excluding carboxylic acids is 2. The van der Waals surface area contributed by atoms with E-state index in [0.717, 1.165) is 19.3 Å². The van der Waals surface area contributed by atoms with Crippen molar-refractivity contribution < 1.29 is 19.5 Å². The highest BCUT2D eigenvalue weighted by Gasteiger charge is 2.19. The van der Waals surface area contributed by atoms with Gasteiger partial charge >= 0.3 is 12.0 Å². The summed E-state index contributed by atoms with van der Waals surface area (Å²) in [6, 6.07) is -1.55. The second-order valence-electron chi connectivity index (χ2n) is 10.0. The lowest BCUT2D eigenvalue weighted by Crippen LogP contribution is -2.41.